The highest BCUT2D eigenvalue weighted by molar-refractivity contribution is 5.74. The third-order valence-corrected chi connectivity index (χ3v) is 2.85. The molecule has 0 saturated heterocycles. The van der Waals surface area contributed by atoms with E-state index in [1.807, 2.05) is 13.8 Å². The molecule has 102 valence electrons. The van der Waals surface area contributed by atoms with Crippen molar-refractivity contribution in [1.82, 2.24) is 0 Å². The lowest BCUT2D eigenvalue weighted by atomic mass is 9.89. The summed E-state index contributed by atoms with van der Waals surface area (Å²) in [7, 11) is 0. The quantitative estimate of drug-likeness (QED) is 0.556. The third-order valence-electron chi connectivity index (χ3n) is 2.85. The fourth-order valence-electron chi connectivity index (χ4n) is 1.61. The molecule has 0 amide bonds. The van der Waals surface area contributed by atoms with Crippen molar-refractivity contribution in [3.05, 3.63) is 29.6 Å². The maximum absolute atomic E-state index is 13.5. The summed E-state index contributed by atoms with van der Waals surface area (Å²) >= 11 is 0. The molecule has 0 atom stereocenters. The number of nitriles is 1. The molecule has 1 aromatic carbocycles. The smallest absolute Gasteiger partial charge is 0.165 e. The Balaban J connectivity index is 2.34. The number of rotatable bonds is 7. The van der Waals surface area contributed by atoms with E-state index in [2.05, 4.69) is 6.07 Å². The average molecular weight is 263 g/mol. The van der Waals surface area contributed by atoms with Crippen LogP contribution in [0.15, 0.2) is 18.2 Å². The van der Waals surface area contributed by atoms with Gasteiger partial charge in [-0.05, 0) is 51.3 Å². The first kappa shape index (κ1) is 15.2. The van der Waals surface area contributed by atoms with Gasteiger partial charge in [0.1, 0.15) is 6.29 Å². The van der Waals surface area contributed by atoms with E-state index in [1.54, 1.807) is 0 Å². The minimum atomic E-state index is -0.526. The molecule has 0 bridgehead atoms. The van der Waals surface area contributed by atoms with Crippen molar-refractivity contribution in [3.63, 3.8) is 0 Å². The molecule has 0 aliphatic heterocycles. The minimum Gasteiger partial charge on any atom is -0.491 e. The lowest BCUT2D eigenvalue weighted by Crippen LogP contribution is -2.08. The second kappa shape index (κ2) is 6.89. The second-order valence-electron chi connectivity index (χ2n) is 5.11. The molecule has 0 N–H and O–H groups in total. The maximum Gasteiger partial charge on any atom is 0.165 e. The van der Waals surface area contributed by atoms with Crippen LogP contribution in [0.3, 0.4) is 0 Å². The summed E-state index contributed by atoms with van der Waals surface area (Å²) < 4.78 is 18.8. The lowest BCUT2D eigenvalue weighted by Gasteiger charge is -2.14. The average Bonchev–Trinajstić information content (AvgIpc) is 2.39. The Morgan fingerprint density at radius 3 is 2.74 bits per heavy atom. The highest BCUT2D eigenvalue weighted by Gasteiger charge is 2.15. The highest BCUT2D eigenvalue weighted by atomic mass is 19.1. The number of carbonyl (C=O) groups excluding carboxylic acids is 1. The van der Waals surface area contributed by atoms with Crippen molar-refractivity contribution in [3.8, 4) is 11.8 Å². The van der Waals surface area contributed by atoms with Crippen LogP contribution in [0.5, 0.6) is 5.75 Å². The Labute approximate surface area is 113 Å². The monoisotopic (exact) mass is 263 g/mol. The highest BCUT2D eigenvalue weighted by Crippen LogP contribution is 2.22. The number of benzene rings is 1. The van der Waals surface area contributed by atoms with E-state index in [0.29, 0.717) is 18.5 Å². The maximum atomic E-state index is 13.5. The van der Waals surface area contributed by atoms with Crippen LogP contribution in [-0.2, 0) is 0 Å². The number of hydrogen-bond acceptors (Lipinski definition) is 3. The van der Waals surface area contributed by atoms with Gasteiger partial charge in [-0.3, -0.25) is 4.79 Å². The minimum absolute atomic E-state index is 0.158. The van der Waals surface area contributed by atoms with Crippen molar-refractivity contribution in [2.24, 2.45) is 5.41 Å². The van der Waals surface area contributed by atoms with Crippen LogP contribution in [0.4, 0.5) is 4.39 Å². The lowest BCUT2D eigenvalue weighted by molar-refractivity contribution is 0.112. The van der Waals surface area contributed by atoms with Crippen LogP contribution in [0.25, 0.3) is 0 Å². The molecular weight excluding hydrogens is 245 g/mol. The van der Waals surface area contributed by atoms with Crippen LogP contribution >= 0.6 is 0 Å². The van der Waals surface area contributed by atoms with E-state index in [9.17, 15) is 9.18 Å². The predicted octanol–water partition coefficient (Wildman–Crippen LogP) is 3.74. The summed E-state index contributed by atoms with van der Waals surface area (Å²) in [6, 6.07) is 6.37. The van der Waals surface area contributed by atoms with Crippen molar-refractivity contribution in [1.29, 1.82) is 5.26 Å². The van der Waals surface area contributed by atoms with E-state index in [-0.39, 0.29) is 11.2 Å². The number of unbranched alkanes of at least 4 members (excludes halogenated alkanes) is 1. The number of nitrogens with zero attached hydrogens (tertiary/aromatic N) is 1. The van der Waals surface area contributed by atoms with Gasteiger partial charge in [0.15, 0.2) is 11.6 Å². The van der Waals surface area contributed by atoms with Gasteiger partial charge in [-0.25, -0.2) is 4.39 Å². The first-order valence-electron chi connectivity index (χ1n) is 6.27. The van der Waals surface area contributed by atoms with Crippen molar-refractivity contribution >= 4 is 6.29 Å². The predicted molar refractivity (Wildman–Crippen MR) is 70.5 cm³/mol. The Hall–Kier alpha value is -1.89. The molecule has 1 aromatic rings. The molecule has 1 rings (SSSR count). The molecule has 0 heterocycles. The molecule has 0 fully saturated rings. The van der Waals surface area contributed by atoms with Crippen molar-refractivity contribution < 1.29 is 13.9 Å². The van der Waals surface area contributed by atoms with Gasteiger partial charge in [-0.1, -0.05) is 0 Å². The summed E-state index contributed by atoms with van der Waals surface area (Å²) in [6.07, 6.45) is 3.00. The zero-order chi connectivity index (χ0) is 14.3. The van der Waals surface area contributed by atoms with Crippen LogP contribution in [0, 0.1) is 22.6 Å². The second-order valence-corrected chi connectivity index (χ2v) is 5.11. The van der Waals surface area contributed by atoms with Gasteiger partial charge in [0.25, 0.3) is 0 Å². The van der Waals surface area contributed by atoms with Gasteiger partial charge < -0.3 is 4.74 Å². The van der Waals surface area contributed by atoms with Gasteiger partial charge in [0, 0.05) is 5.56 Å². The molecule has 0 aliphatic rings. The van der Waals surface area contributed by atoms with Gasteiger partial charge >= 0.3 is 0 Å². The Morgan fingerprint density at radius 2 is 2.16 bits per heavy atom. The molecule has 0 aromatic heterocycles. The molecule has 19 heavy (non-hydrogen) atoms. The van der Waals surface area contributed by atoms with E-state index in [0.717, 1.165) is 25.3 Å². The van der Waals surface area contributed by atoms with Crippen LogP contribution in [0.1, 0.15) is 43.5 Å². The Morgan fingerprint density at radius 1 is 1.42 bits per heavy atom. The summed E-state index contributed by atoms with van der Waals surface area (Å²) in [4.78, 5) is 10.5. The largest absolute Gasteiger partial charge is 0.491 e. The first-order valence-corrected chi connectivity index (χ1v) is 6.27. The Bertz CT molecular complexity index is 478. The zero-order valence-corrected chi connectivity index (χ0v) is 11.3. The molecule has 0 radical (unpaired) electrons. The topological polar surface area (TPSA) is 50.1 Å². The molecule has 3 nitrogen and oxygen atoms in total. The van der Waals surface area contributed by atoms with Gasteiger partial charge in [0.05, 0.1) is 18.1 Å². The number of carbonyl (C=O) groups is 1. The number of aldehydes is 1. The first-order chi connectivity index (χ1) is 8.98. The van der Waals surface area contributed by atoms with E-state index < -0.39 is 5.82 Å². The summed E-state index contributed by atoms with van der Waals surface area (Å²) in [5, 5.41) is 8.86. The van der Waals surface area contributed by atoms with Crippen LogP contribution in [-0.4, -0.2) is 12.9 Å². The van der Waals surface area contributed by atoms with E-state index in [4.69, 9.17) is 10.00 Å². The zero-order valence-electron chi connectivity index (χ0n) is 11.3. The molecule has 4 heteroatoms. The summed E-state index contributed by atoms with van der Waals surface area (Å²) in [5.41, 5.74) is -0.0303. The number of ether oxygens (including phenoxy) is 1. The van der Waals surface area contributed by atoms with E-state index >= 15 is 0 Å². The SMILES string of the molecule is CC(C)(C#N)CCCCOc1ccc(C=O)cc1F. The third kappa shape index (κ3) is 5.09. The van der Waals surface area contributed by atoms with Gasteiger partial charge in [-0.2, -0.15) is 5.26 Å². The van der Waals surface area contributed by atoms with Crippen LogP contribution in [0.2, 0.25) is 0 Å². The standard InChI is InChI=1S/C15H18FNO2/c1-15(2,11-17)7-3-4-8-19-14-6-5-12(10-18)9-13(14)16/h5-6,9-10H,3-4,7-8H2,1-2H3. The number of hydrogen-bond donors (Lipinski definition) is 0. The molecule has 0 unspecified atom stereocenters. The van der Waals surface area contributed by atoms with Gasteiger partial charge in [-0.15, -0.1) is 0 Å². The summed E-state index contributed by atoms with van der Waals surface area (Å²) in [6.45, 7) is 4.19. The summed E-state index contributed by atoms with van der Waals surface area (Å²) in [5.74, 6) is -0.368. The molecule has 0 saturated carbocycles. The molecule has 0 spiro atoms. The van der Waals surface area contributed by atoms with Crippen LogP contribution < -0.4 is 4.74 Å². The fraction of sp³-hybridized carbons (Fsp3) is 0.467. The fourth-order valence-corrected chi connectivity index (χ4v) is 1.61. The van der Waals surface area contributed by atoms with Crippen molar-refractivity contribution in [2.75, 3.05) is 6.61 Å². The molecular formula is C15H18FNO2. The Kier molecular flexibility index (Phi) is 5.50. The van der Waals surface area contributed by atoms with E-state index in [1.165, 1.54) is 12.1 Å². The van der Waals surface area contributed by atoms with Crippen molar-refractivity contribution in [2.45, 2.75) is 33.1 Å². The normalized spacial score (nSPS) is 10.8. The van der Waals surface area contributed by atoms with Gasteiger partial charge in [0.2, 0.25) is 0 Å². The molecule has 0 aliphatic carbocycles. The number of halogens is 1.